The largest absolute Gasteiger partial charge is 0.312 e. The minimum atomic E-state index is 0.317. The summed E-state index contributed by atoms with van der Waals surface area (Å²) >= 11 is 0. The molecule has 0 fully saturated rings. The fourth-order valence-electron chi connectivity index (χ4n) is 4.86. The summed E-state index contributed by atoms with van der Waals surface area (Å²) in [6, 6.07) is 35.4. The fourth-order valence-corrected chi connectivity index (χ4v) is 4.86. The number of rotatable bonds is 1. The minimum absolute atomic E-state index is 0.317. The monoisotopic (exact) mass is 343 g/mol. The predicted molar refractivity (Wildman–Crippen MR) is 115 cm³/mol. The van der Waals surface area contributed by atoms with Gasteiger partial charge in [-0.25, -0.2) is 0 Å². The van der Waals surface area contributed by atoms with Gasteiger partial charge in [0.1, 0.15) is 0 Å². The molecule has 2 aliphatic heterocycles. The van der Waals surface area contributed by atoms with E-state index in [9.17, 15) is 0 Å². The molecule has 0 N–H and O–H groups in total. The highest BCUT2D eigenvalue weighted by molar-refractivity contribution is 6.98. The second-order valence-corrected chi connectivity index (χ2v) is 7.39. The Bertz CT molecular complexity index is 1170. The molecule has 0 aromatic heterocycles. The molecule has 4 aromatic carbocycles. The lowest BCUT2D eigenvalue weighted by atomic mass is 9.32. The molecule has 0 atom stereocenters. The summed E-state index contributed by atoms with van der Waals surface area (Å²) in [5.74, 6) is 0. The maximum atomic E-state index is 2.43. The highest BCUT2D eigenvalue weighted by Gasteiger charge is 2.39. The van der Waals surface area contributed by atoms with Crippen molar-refractivity contribution in [1.82, 2.24) is 0 Å². The van der Waals surface area contributed by atoms with Crippen molar-refractivity contribution in [3.05, 3.63) is 108 Å². The Morgan fingerprint density at radius 2 is 1.22 bits per heavy atom. The van der Waals surface area contributed by atoms with E-state index in [0.29, 0.717) is 6.71 Å². The first-order valence-electron chi connectivity index (χ1n) is 9.55. The van der Waals surface area contributed by atoms with E-state index in [-0.39, 0.29) is 0 Å². The van der Waals surface area contributed by atoms with Crippen molar-refractivity contribution in [3.63, 3.8) is 0 Å². The highest BCUT2D eigenvalue weighted by atomic mass is 15.1. The highest BCUT2D eigenvalue weighted by Crippen LogP contribution is 2.37. The van der Waals surface area contributed by atoms with Gasteiger partial charge in [0, 0.05) is 17.1 Å². The van der Waals surface area contributed by atoms with E-state index < -0.39 is 0 Å². The van der Waals surface area contributed by atoms with Crippen LogP contribution >= 0.6 is 0 Å². The number of hydrogen-bond acceptors (Lipinski definition) is 1. The van der Waals surface area contributed by atoms with E-state index in [1.54, 1.807) is 0 Å². The molecule has 0 aliphatic carbocycles. The first-order valence-corrected chi connectivity index (χ1v) is 9.55. The fraction of sp³-hybridized carbons (Fsp3) is 0.0400. The van der Waals surface area contributed by atoms with Crippen molar-refractivity contribution in [3.8, 4) is 0 Å². The second-order valence-electron chi connectivity index (χ2n) is 7.39. The molecule has 6 rings (SSSR count). The zero-order chi connectivity index (χ0) is 17.8. The summed E-state index contributed by atoms with van der Waals surface area (Å²) in [4.78, 5) is 2.43. The topological polar surface area (TPSA) is 3.24 Å². The Balaban J connectivity index is 1.70. The Labute approximate surface area is 160 Å². The smallest absolute Gasteiger partial charge is 0.247 e. The number of para-hydroxylation sites is 2. The van der Waals surface area contributed by atoms with Crippen molar-refractivity contribution in [2.75, 3.05) is 4.90 Å². The van der Waals surface area contributed by atoms with Crippen LogP contribution in [0.4, 0.5) is 17.1 Å². The summed E-state index contributed by atoms with van der Waals surface area (Å²) in [6.07, 6.45) is 1.01. The number of fused-ring (bicyclic) bond motifs is 4. The number of benzene rings is 4. The van der Waals surface area contributed by atoms with Gasteiger partial charge in [0.15, 0.2) is 0 Å². The Kier molecular flexibility index (Phi) is 3.09. The van der Waals surface area contributed by atoms with Crippen molar-refractivity contribution < 1.29 is 0 Å². The number of hydrogen-bond donors (Lipinski definition) is 0. The third-order valence-electron chi connectivity index (χ3n) is 5.95. The summed E-state index contributed by atoms with van der Waals surface area (Å²) in [6.45, 7) is 0.317. The van der Waals surface area contributed by atoms with Crippen molar-refractivity contribution in [2.24, 2.45) is 0 Å². The van der Waals surface area contributed by atoms with Crippen LogP contribution in [0, 0.1) is 0 Å². The standard InChI is InChI=1S/C25H18BN/c1-2-11-20(12-3-1)27-23-15-7-6-14-22(23)26-21-13-5-4-9-18(21)17-19-10-8-16-24(27)25(19)26/h1-16H,17H2. The summed E-state index contributed by atoms with van der Waals surface area (Å²) in [5.41, 5.74) is 11.1. The Morgan fingerprint density at radius 1 is 0.556 bits per heavy atom. The molecule has 4 aromatic rings. The molecular weight excluding hydrogens is 325 g/mol. The van der Waals surface area contributed by atoms with E-state index in [2.05, 4.69) is 102 Å². The average molecular weight is 343 g/mol. The molecule has 0 radical (unpaired) electrons. The van der Waals surface area contributed by atoms with Gasteiger partial charge >= 0.3 is 0 Å². The van der Waals surface area contributed by atoms with Gasteiger partial charge in [-0.15, -0.1) is 0 Å². The average Bonchev–Trinajstić information content (AvgIpc) is 2.74. The molecule has 2 heteroatoms. The van der Waals surface area contributed by atoms with Gasteiger partial charge in [-0.05, 0) is 52.7 Å². The lowest BCUT2D eigenvalue weighted by Crippen LogP contribution is -2.61. The normalized spacial score (nSPS) is 13.6. The lowest BCUT2D eigenvalue weighted by Gasteiger charge is -2.40. The summed E-state index contributed by atoms with van der Waals surface area (Å²) < 4.78 is 0. The van der Waals surface area contributed by atoms with E-state index in [1.165, 1.54) is 44.6 Å². The molecule has 0 saturated carbocycles. The van der Waals surface area contributed by atoms with Gasteiger partial charge in [-0.2, -0.15) is 0 Å². The van der Waals surface area contributed by atoms with Crippen LogP contribution < -0.4 is 21.3 Å². The van der Waals surface area contributed by atoms with E-state index >= 15 is 0 Å². The quantitative estimate of drug-likeness (QED) is 0.410. The molecular formula is C25H18BN. The summed E-state index contributed by atoms with van der Waals surface area (Å²) in [7, 11) is 0. The molecule has 0 spiro atoms. The van der Waals surface area contributed by atoms with Gasteiger partial charge in [0.05, 0.1) is 0 Å². The first-order chi connectivity index (χ1) is 13.4. The van der Waals surface area contributed by atoms with Crippen LogP contribution in [0.1, 0.15) is 11.1 Å². The molecule has 0 bridgehead atoms. The molecule has 0 saturated heterocycles. The molecule has 27 heavy (non-hydrogen) atoms. The van der Waals surface area contributed by atoms with Crippen LogP contribution in [0.2, 0.25) is 0 Å². The van der Waals surface area contributed by atoms with E-state index in [1.807, 2.05) is 0 Å². The van der Waals surface area contributed by atoms with Crippen LogP contribution in [0.5, 0.6) is 0 Å². The predicted octanol–water partition coefficient (Wildman–Crippen LogP) is 3.89. The van der Waals surface area contributed by atoms with Crippen LogP contribution in [-0.2, 0) is 6.42 Å². The van der Waals surface area contributed by atoms with Gasteiger partial charge in [-0.1, -0.05) is 78.3 Å². The molecule has 0 unspecified atom stereocenters. The second kappa shape index (κ2) is 5.62. The van der Waals surface area contributed by atoms with E-state index in [4.69, 9.17) is 0 Å². The van der Waals surface area contributed by atoms with Crippen LogP contribution in [0.25, 0.3) is 0 Å². The van der Waals surface area contributed by atoms with E-state index in [0.717, 1.165) is 6.42 Å². The van der Waals surface area contributed by atoms with Crippen molar-refractivity contribution in [2.45, 2.75) is 6.42 Å². The van der Waals surface area contributed by atoms with Gasteiger partial charge in [-0.3, -0.25) is 0 Å². The molecule has 0 amide bonds. The van der Waals surface area contributed by atoms with Crippen LogP contribution in [-0.4, -0.2) is 6.71 Å². The zero-order valence-corrected chi connectivity index (χ0v) is 15.0. The molecule has 2 heterocycles. The molecule has 2 aliphatic rings. The van der Waals surface area contributed by atoms with Crippen LogP contribution in [0.15, 0.2) is 97.1 Å². The maximum Gasteiger partial charge on any atom is 0.247 e. The third kappa shape index (κ3) is 2.07. The van der Waals surface area contributed by atoms with Crippen molar-refractivity contribution in [1.29, 1.82) is 0 Å². The van der Waals surface area contributed by atoms with Gasteiger partial charge in [0.25, 0.3) is 0 Å². The van der Waals surface area contributed by atoms with Gasteiger partial charge < -0.3 is 4.90 Å². The third-order valence-corrected chi connectivity index (χ3v) is 5.95. The Hall–Kier alpha value is -3.26. The lowest BCUT2D eigenvalue weighted by molar-refractivity contribution is 1.19. The Morgan fingerprint density at radius 3 is 2.11 bits per heavy atom. The maximum absolute atomic E-state index is 2.43. The van der Waals surface area contributed by atoms with Gasteiger partial charge in [0.2, 0.25) is 6.71 Å². The minimum Gasteiger partial charge on any atom is -0.312 e. The van der Waals surface area contributed by atoms with Crippen molar-refractivity contribution >= 4 is 40.2 Å². The first kappa shape index (κ1) is 14.9. The number of anilines is 3. The van der Waals surface area contributed by atoms with Crippen LogP contribution in [0.3, 0.4) is 0 Å². The summed E-state index contributed by atoms with van der Waals surface area (Å²) in [5, 5.41) is 0. The number of nitrogens with zero attached hydrogens (tertiary/aromatic N) is 1. The molecule has 126 valence electrons. The zero-order valence-electron chi connectivity index (χ0n) is 15.0. The molecule has 1 nitrogen and oxygen atoms in total. The SMILES string of the molecule is c1ccc(N2c3ccccc3B3c4ccccc4Cc4cccc2c43)cc1.